The van der Waals surface area contributed by atoms with Gasteiger partial charge in [0.2, 0.25) is 5.78 Å². The second kappa shape index (κ2) is 17.2. The lowest BCUT2D eigenvalue weighted by molar-refractivity contribution is -0.525. The number of ketones is 1. The van der Waals surface area contributed by atoms with E-state index < -0.39 is 22.0 Å². The molecule has 0 aliphatic carbocycles. The fourth-order valence-electron chi connectivity index (χ4n) is 4.17. The quantitative estimate of drug-likeness (QED) is 0.104. The largest absolute Gasteiger partial charge is 0.392 e. The molecule has 1 aliphatic heterocycles. The van der Waals surface area contributed by atoms with Crippen molar-refractivity contribution in [3.05, 3.63) is 12.2 Å². The molecule has 0 spiro atoms. The van der Waals surface area contributed by atoms with Crippen LogP contribution in [0.4, 0.5) is 0 Å². The van der Waals surface area contributed by atoms with Gasteiger partial charge < -0.3 is 10.2 Å². The van der Waals surface area contributed by atoms with Crippen molar-refractivity contribution in [3.8, 4) is 0 Å². The summed E-state index contributed by atoms with van der Waals surface area (Å²) in [6.45, 7) is 3.40. The molecule has 0 aromatic heterocycles. The van der Waals surface area contributed by atoms with Gasteiger partial charge in [-0.15, -0.1) is 0 Å². The maximum absolute atomic E-state index is 12.9. The number of hydrogen-bond donors (Lipinski definition) is 3. The van der Waals surface area contributed by atoms with Crippen LogP contribution in [0.1, 0.15) is 84.0 Å². The van der Waals surface area contributed by atoms with E-state index in [0.717, 1.165) is 25.7 Å². The zero-order valence-corrected chi connectivity index (χ0v) is 21.1. The fraction of sp³-hybridized carbons (Fsp3) is 0.833. The van der Waals surface area contributed by atoms with E-state index in [2.05, 4.69) is 19.1 Å². The summed E-state index contributed by atoms with van der Waals surface area (Å²) in [5.74, 6) is -0.375. The van der Waals surface area contributed by atoms with E-state index >= 15 is 0 Å². The number of rotatable bonds is 20. The predicted molar refractivity (Wildman–Crippen MR) is 131 cm³/mol. The Kier molecular flexibility index (Phi) is 15.5. The second-order valence-electron chi connectivity index (χ2n) is 8.93. The first-order chi connectivity index (χ1) is 15.8. The number of aliphatic hydroxyl groups excluding tert-OH is 2. The van der Waals surface area contributed by atoms with Gasteiger partial charge >= 0.3 is 5.84 Å². The molecule has 1 unspecified atom stereocenters. The number of carbonyl (C=O) groups is 1. The Balaban J connectivity index is 2.34. The van der Waals surface area contributed by atoms with E-state index in [9.17, 15) is 23.4 Å². The first-order valence-corrected chi connectivity index (χ1v) is 14.2. The Bertz CT molecular complexity index is 720. The van der Waals surface area contributed by atoms with Gasteiger partial charge in [-0.2, -0.15) is 8.42 Å². The average Bonchev–Trinajstić information content (AvgIpc) is 3.12. The minimum atomic E-state index is -4.29. The minimum absolute atomic E-state index is 0.0451. The summed E-state index contributed by atoms with van der Waals surface area (Å²) in [6.07, 6.45) is 16.3. The molecule has 1 heterocycles. The Labute approximate surface area is 200 Å². The summed E-state index contributed by atoms with van der Waals surface area (Å²) < 4.78 is 32.6. The number of hydrogen-bond acceptors (Lipinski definition) is 6. The van der Waals surface area contributed by atoms with Gasteiger partial charge in [-0.25, -0.2) is 0 Å². The van der Waals surface area contributed by atoms with Crippen molar-refractivity contribution in [1.82, 2.24) is 4.90 Å². The maximum Gasteiger partial charge on any atom is 0.316 e. The Hall–Kier alpha value is -1.29. The lowest BCUT2D eigenvalue weighted by Crippen LogP contribution is -2.40. The number of Topliss-reactive ketones (excluding diaryl/α,β-unsaturated/α-hetero) is 1. The lowest BCUT2D eigenvalue weighted by Gasteiger charge is -2.13. The molecule has 1 aliphatic rings. The van der Waals surface area contributed by atoms with Crippen molar-refractivity contribution in [2.24, 2.45) is 0 Å². The smallest absolute Gasteiger partial charge is 0.316 e. The number of β-amino-alcohol motifs (C(OH)–C–C–N with tert-alkyl or cyclic N) is 2. The minimum Gasteiger partial charge on any atom is -0.392 e. The fourth-order valence-corrected chi connectivity index (χ4v) is 4.77. The molecule has 9 heteroatoms. The summed E-state index contributed by atoms with van der Waals surface area (Å²) >= 11 is 0. The van der Waals surface area contributed by atoms with Crippen LogP contribution in [-0.2, 0) is 14.9 Å². The van der Waals surface area contributed by atoms with Crippen LogP contribution in [-0.4, -0.2) is 88.9 Å². The highest BCUT2D eigenvalue weighted by Gasteiger charge is 2.36. The molecule has 0 amide bonds. The third-order valence-electron chi connectivity index (χ3n) is 5.86. The number of carbonyl (C=O) groups excluding carboxylic acids is 1. The molecule has 192 valence electrons. The van der Waals surface area contributed by atoms with Gasteiger partial charge in [-0.1, -0.05) is 64.0 Å². The number of amidine groups is 1. The van der Waals surface area contributed by atoms with Crippen LogP contribution in [0.3, 0.4) is 0 Å². The van der Waals surface area contributed by atoms with E-state index in [1.165, 1.54) is 44.9 Å². The lowest BCUT2D eigenvalue weighted by atomic mass is 10.1. The molecular weight excluding hydrogens is 444 g/mol. The number of aliphatic hydroxyl groups is 2. The van der Waals surface area contributed by atoms with Gasteiger partial charge in [0.1, 0.15) is 38.0 Å². The van der Waals surface area contributed by atoms with E-state index in [-0.39, 0.29) is 18.9 Å². The van der Waals surface area contributed by atoms with E-state index in [4.69, 9.17) is 4.55 Å². The van der Waals surface area contributed by atoms with Crippen molar-refractivity contribution in [2.45, 2.75) is 90.1 Å². The molecule has 0 aromatic rings. The summed E-state index contributed by atoms with van der Waals surface area (Å²) in [5, 5.41) is 19.3. The summed E-state index contributed by atoms with van der Waals surface area (Å²) in [4.78, 5) is 14.6. The van der Waals surface area contributed by atoms with Crippen LogP contribution < -0.4 is 0 Å². The molecule has 33 heavy (non-hydrogen) atoms. The number of unbranched alkanes of at least 4 members (excludes halogenated alkanes) is 9. The third-order valence-corrected chi connectivity index (χ3v) is 6.66. The molecule has 3 N–H and O–H groups in total. The molecule has 1 atom stereocenters. The summed E-state index contributed by atoms with van der Waals surface area (Å²) in [7, 11) is -4.29. The predicted octanol–water partition coefficient (Wildman–Crippen LogP) is 2.78. The van der Waals surface area contributed by atoms with Gasteiger partial charge in [-0.3, -0.25) is 18.8 Å². The van der Waals surface area contributed by atoms with E-state index in [0.29, 0.717) is 31.9 Å². The van der Waals surface area contributed by atoms with Crippen molar-refractivity contribution in [2.75, 3.05) is 38.5 Å². The van der Waals surface area contributed by atoms with Crippen LogP contribution in [0.5, 0.6) is 0 Å². The molecule has 0 radical (unpaired) electrons. The molecule has 0 fully saturated rings. The normalized spacial score (nSPS) is 15.7. The first-order valence-electron chi connectivity index (χ1n) is 12.6. The topological polar surface area (TPSA) is 118 Å². The highest BCUT2D eigenvalue weighted by Crippen LogP contribution is 2.13. The van der Waals surface area contributed by atoms with Crippen molar-refractivity contribution in [1.29, 1.82) is 0 Å². The molecule has 8 nitrogen and oxygen atoms in total. The summed E-state index contributed by atoms with van der Waals surface area (Å²) in [5.41, 5.74) is 0. The summed E-state index contributed by atoms with van der Waals surface area (Å²) in [6, 6.07) is 0. The molecule has 1 rings (SSSR count). The van der Waals surface area contributed by atoms with Gasteiger partial charge in [-0.05, 0) is 25.7 Å². The van der Waals surface area contributed by atoms with Crippen molar-refractivity contribution in [3.63, 3.8) is 0 Å². The number of allylic oxidation sites excluding steroid dienone is 2. The highest BCUT2D eigenvalue weighted by molar-refractivity contribution is 7.85. The van der Waals surface area contributed by atoms with E-state index in [1.54, 1.807) is 9.48 Å². The standard InChI is InChI=1S/C24H44N2O6S/c1-2-3-4-5-6-7-8-9-10-11-12-13-14-15-23(29)24-25(18-19-27)16-17-26(24)20-22(28)21-33(30,31)32/h5-6,22,27-28H,2-4,7-21H2,1H3/p+1/b6-5+. The average molecular weight is 490 g/mol. The second-order valence-corrected chi connectivity index (χ2v) is 10.4. The van der Waals surface area contributed by atoms with Crippen LogP contribution >= 0.6 is 0 Å². The molecule has 0 saturated carbocycles. The molecule has 0 bridgehead atoms. The highest BCUT2D eigenvalue weighted by atomic mass is 32.2. The number of nitrogens with zero attached hydrogens (tertiary/aromatic N) is 2. The molecule has 0 saturated heterocycles. The van der Waals surface area contributed by atoms with Crippen LogP contribution in [0, 0.1) is 0 Å². The van der Waals surface area contributed by atoms with E-state index in [1.807, 2.05) is 0 Å². The van der Waals surface area contributed by atoms with Crippen molar-refractivity contribution < 1.29 is 32.6 Å². The van der Waals surface area contributed by atoms with Gasteiger partial charge in [0.15, 0.2) is 0 Å². The maximum atomic E-state index is 12.9. The van der Waals surface area contributed by atoms with Gasteiger partial charge in [0.25, 0.3) is 10.1 Å². The van der Waals surface area contributed by atoms with Gasteiger partial charge in [0, 0.05) is 6.42 Å². The Morgan fingerprint density at radius 3 is 2.27 bits per heavy atom. The Morgan fingerprint density at radius 1 is 1.06 bits per heavy atom. The van der Waals surface area contributed by atoms with Crippen LogP contribution in [0.25, 0.3) is 0 Å². The van der Waals surface area contributed by atoms with Crippen LogP contribution in [0.15, 0.2) is 12.2 Å². The third kappa shape index (κ3) is 13.9. The SMILES string of the molecule is CCCC/C=C/CCCCCCCCCC(=O)C1=[N+](CC(O)CS(=O)(=O)O)CCN1CCO. The van der Waals surface area contributed by atoms with Crippen LogP contribution in [0.2, 0.25) is 0 Å². The Morgan fingerprint density at radius 2 is 1.67 bits per heavy atom. The molecular formula is C24H45N2O6S+. The first kappa shape index (κ1) is 29.7. The zero-order valence-electron chi connectivity index (χ0n) is 20.3. The zero-order chi connectivity index (χ0) is 24.5. The van der Waals surface area contributed by atoms with Crippen molar-refractivity contribution >= 4 is 21.7 Å². The van der Waals surface area contributed by atoms with Gasteiger partial charge in [0.05, 0.1) is 6.61 Å². The molecule has 0 aromatic carbocycles. The monoisotopic (exact) mass is 489 g/mol.